The summed E-state index contributed by atoms with van der Waals surface area (Å²) in [7, 11) is 1.68. The normalized spacial score (nSPS) is 14.8. The Balaban J connectivity index is 2.66. The molecule has 1 amide bonds. The number of anilines is 1. The monoisotopic (exact) mass is 179 g/mol. The number of nitrogens with two attached hydrogens (primary N) is 1. The van der Waals surface area contributed by atoms with Crippen molar-refractivity contribution < 1.29 is 9.52 Å². The predicted octanol–water partition coefficient (Wildman–Crippen LogP) is -0.512. The van der Waals surface area contributed by atoms with Crippen LogP contribution in [0, 0.1) is 5.21 Å². The largest absolute Gasteiger partial charge is 0.711 e. The summed E-state index contributed by atoms with van der Waals surface area (Å²) in [6.07, 6.45) is 1.32. The molecule has 0 saturated carbocycles. The molecule has 2 N–H and O–H groups in total. The first kappa shape index (κ1) is 7.85. The number of carbonyl (C=O) groups excluding carboxylic acids is 1. The third kappa shape index (κ3) is 0.932. The Morgan fingerprint density at radius 3 is 3.08 bits per heavy atom. The Bertz CT molecular complexity index is 389. The summed E-state index contributed by atoms with van der Waals surface area (Å²) in [4.78, 5) is 13.0. The van der Waals surface area contributed by atoms with E-state index in [1.807, 2.05) is 0 Å². The molecule has 0 radical (unpaired) electrons. The number of fused-ring (bicyclic) bond motifs is 1. The highest BCUT2D eigenvalue weighted by Crippen LogP contribution is 2.23. The maximum atomic E-state index is 11.5. The average molecular weight is 179 g/mol. The fourth-order valence-corrected chi connectivity index (χ4v) is 1.49. The molecular weight excluding hydrogens is 170 g/mol. The van der Waals surface area contributed by atoms with E-state index in [4.69, 9.17) is 5.73 Å². The van der Waals surface area contributed by atoms with E-state index in [1.165, 1.54) is 11.1 Å². The number of nitrogen functional groups attached to an aromatic ring is 1. The van der Waals surface area contributed by atoms with E-state index in [1.54, 1.807) is 13.1 Å². The third-order valence-corrected chi connectivity index (χ3v) is 2.19. The summed E-state index contributed by atoms with van der Waals surface area (Å²) in [6, 6.07) is 1.63. The molecule has 0 unspecified atom stereocenters. The first-order chi connectivity index (χ1) is 6.11. The highest BCUT2D eigenvalue weighted by molar-refractivity contribution is 6.01. The van der Waals surface area contributed by atoms with Gasteiger partial charge < -0.3 is 10.1 Å². The molecule has 0 bridgehead atoms. The van der Waals surface area contributed by atoms with Crippen LogP contribution in [0.2, 0.25) is 0 Å². The van der Waals surface area contributed by atoms with Gasteiger partial charge >= 0.3 is 0 Å². The maximum Gasteiger partial charge on any atom is 0.288 e. The smallest absolute Gasteiger partial charge is 0.288 e. The standard InChI is InChI=1S/C8H9N3O2/c1-10-4-5-2-3-11(13)7(9)6(5)8(10)12/h2-3H,4,9H2,1H3. The minimum atomic E-state index is -0.183. The molecule has 1 aromatic heterocycles. The van der Waals surface area contributed by atoms with Crippen molar-refractivity contribution in [3.05, 3.63) is 28.6 Å². The molecule has 0 atom stereocenters. The van der Waals surface area contributed by atoms with Gasteiger partial charge in [0.1, 0.15) is 5.56 Å². The Hall–Kier alpha value is -1.78. The SMILES string of the molecule is CN1Cc2cc[n+]([O-])c(N)c2C1=O. The van der Waals surface area contributed by atoms with Crippen LogP contribution in [0.15, 0.2) is 12.3 Å². The summed E-state index contributed by atoms with van der Waals surface area (Å²) in [6.45, 7) is 0.527. The van der Waals surface area contributed by atoms with Crippen LogP contribution in [-0.4, -0.2) is 17.9 Å². The summed E-state index contributed by atoms with van der Waals surface area (Å²) >= 11 is 0. The number of hydrogen-bond acceptors (Lipinski definition) is 3. The molecule has 0 fully saturated rings. The van der Waals surface area contributed by atoms with E-state index >= 15 is 0 Å². The molecule has 13 heavy (non-hydrogen) atoms. The number of rotatable bonds is 0. The zero-order valence-electron chi connectivity index (χ0n) is 7.15. The average Bonchev–Trinajstić information content (AvgIpc) is 2.37. The third-order valence-electron chi connectivity index (χ3n) is 2.19. The van der Waals surface area contributed by atoms with E-state index in [0.717, 1.165) is 5.56 Å². The topological polar surface area (TPSA) is 73.3 Å². The van der Waals surface area contributed by atoms with Gasteiger partial charge in [-0.05, 0) is 11.6 Å². The summed E-state index contributed by atoms with van der Waals surface area (Å²) < 4.78 is 0.510. The molecule has 0 aromatic carbocycles. The zero-order chi connectivity index (χ0) is 9.59. The molecule has 1 aliphatic heterocycles. The van der Waals surface area contributed by atoms with Crippen molar-refractivity contribution in [2.75, 3.05) is 12.8 Å². The lowest BCUT2D eigenvalue weighted by molar-refractivity contribution is -0.590. The van der Waals surface area contributed by atoms with Gasteiger partial charge in [-0.15, -0.1) is 0 Å². The van der Waals surface area contributed by atoms with Crippen LogP contribution in [0.3, 0.4) is 0 Å². The number of nitrogens with zero attached hydrogens (tertiary/aromatic N) is 2. The van der Waals surface area contributed by atoms with Gasteiger partial charge in [-0.3, -0.25) is 10.5 Å². The van der Waals surface area contributed by atoms with Crippen LogP contribution < -0.4 is 10.5 Å². The number of carbonyl (C=O) groups is 1. The Morgan fingerprint density at radius 1 is 1.69 bits per heavy atom. The molecular formula is C8H9N3O2. The highest BCUT2D eigenvalue weighted by atomic mass is 16.5. The van der Waals surface area contributed by atoms with Crippen LogP contribution in [0.1, 0.15) is 15.9 Å². The fraction of sp³-hybridized carbons (Fsp3) is 0.250. The van der Waals surface area contributed by atoms with Gasteiger partial charge in [-0.1, -0.05) is 0 Å². The molecule has 0 aliphatic carbocycles. The van der Waals surface area contributed by atoms with Crippen LogP contribution in [0.5, 0.6) is 0 Å². The highest BCUT2D eigenvalue weighted by Gasteiger charge is 2.30. The van der Waals surface area contributed by atoms with Crippen LogP contribution in [0.4, 0.5) is 5.82 Å². The molecule has 2 heterocycles. The lowest BCUT2D eigenvalue weighted by Gasteiger charge is -2.06. The second kappa shape index (κ2) is 2.35. The Labute approximate surface area is 75.0 Å². The van der Waals surface area contributed by atoms with Crippen LogP contribution in [-0.2, 0) is 6.54 Å². The van der Waals surface area contributed by atoms with E-state index in [2.05, 4.69) is 0 Å². The minimum Gasteiger partial charge on any atom is -0.711 e. The minimum absolute atomic E-state index is 0.00755. The predicted molar refractivity (Wildman–Crippen MR) is 45.6 cm³/mol. The van der Waals surface area contributed by atoms with Gasteiger partial charge in [0.2, 0.25) is 0 Å². The zero-order valence-corrected chi connectivity index (χ0v) is 7.15. The van der Waals surface area contributed by atoms with Gasteiger partial charge in [0.15, 0.2) is 0 Å². The van der Waals surface area contributed by atoms with E-state index in [9.17, 15) is 10.0 Å². The molecule has 5 nitrogen and oxygen atoms in total. The molecule has 2 rings (SSSR count). The first-order valence-electron chi connectivity index (χ1n) is 3.87. The van der Waals surface area contributed by atoms with Crippen LogP contribution >= 0.6 is 0 Å². The quantitative estimate of drug-likeness (QED) is 0.430. The van der Waals surface area contributed by atoms with E-state index in [-0.39, 0.29) is 11.7 Å². The number of pyridine rings is 1. The first-order valence-corrected chi connectivity index (χ1v) is 3.87. The van der Waals surface area contributed by atoms with Crippen molar-refractivity contribution in [2.24, 2.45) is 0 Å². The summed E-state index contributed by atoms with van der Waals surface area (Å²) in [5.41, 5.74) is 6.65. The fourth-order valence-electron chi connectivity index (χ4n) is 1.49. The van der Waals surface area contributed by atoms with Crippen molar-refractivity contribution in [2.45, 2.75) is 6.54 Å². The number of hydrogen-bond donors (Lipinski definition) is 1. The van der Waals surface area contributed by atoms with Gasteiger partial charge in [0.05, 0.1) is 6.20 Å². The lowest BCUT2D eigenvalue weighted by atomic mass is 10.1. The molecule has 68 valence electrons. The van der Waals surface area contributed by atoms with Gasteiger partial charge in [-0.2, -0.15) is 0 Å². The summed E-state index contributed by atoms with van der Waals surface area (Å²) in [5.74, 6) is -0.190. The molecule has 1 aromatic rings. The van der Waals surface area contributed by atoms with Crippen LogP contribution in [0.25, 0.3) is 0 Å². The number of amides is 1. The lowest BCUT2D eigenvalue weighted by Crippen LogP contribution is -2.32. The van der Waals surface area contributed by atoms with Crippen molar-refractivity contribution in [1.82, 2.24) is 4.90 Å². The molecule has 1 aliphatic rings. The van der Waals surface area contributed by atoms with Crippen molar-refractivity contribution in [1.29, 1.82) is 0 Å². The molecule has 0 spiro atoms. The second-order valence-electron chi connectivity index (χ2n) is 3.09. The van der Waals surface area contributed by atoms with Gasteiger partial charge in [-0.25, -0.2) is 4.73 Å². The van der Waals surface area contributed by atoms with Gasteiger partial charge in [0.25, 0.3) is 11.7 Å². The van der Waals surface area contributed by atoms with E-state index < -0.39 is 0 Å². The number of aromatic nitrogens is 1. The van der Waals surface area contributed by atoms with Crippen molar-refractivity contribution >= 4 is 11.7 Å². The van der Waals surface area contributed by atoms with Gasteiger partial charge in [0, 0.05) is 13.6 Å². The second-order valence-corrected chi connectivity index (χ2v) is 3.09. The molecule has 5 heteroatoms. The Kier molecular flexibility index (Phi) is 1.42. The van der Waals surface area contributed by atoms with Crippen molar-refractivity contribution in [3.63, 3.8) is 0 Å². The Morgan fingerprint density at radius 2 is 2.38 bits per heavy atom. The maximum absolute atomic E-state index is 11.5. The van der Waals surface area contributed by atoms with E-state index in [0.29, 0.717) is 16.8 Å². The summed E-state index contributed by atoms with van der Waals surface area (Å²) in [5, 5.41) is 11.1. The van der Waals surface area contributed by atoms with Crippen molar-refractivity contribution in [3.8, 4) is 0 Å². The molecule has 0 saturated heterocycles.